The molecule has 0 saturated carbocycles. The van der Waals surface area contributed by atoms with E-state index in [1.165, 1.54) is 30.0 Å². The summed E-state index contributed by atoms with van der Waals surface area (Å²) in [4.78, 5) is 25.2. The van der Waals surface area contributed by atoms with E-state index >= 15 is 0 Å². The van der Waals surface area contributed by atoms with Crippen molar-refractivity contribution >= 4 is 51.6 Å². The third-order valence-corrected chi connectivity index (χ3v) is 5.32. The maximum atomic E-state index is 12.2. The van der Waals surface area contributed by atoms with Gasteiger partial charge in [0.15, 0.2) is 6.10 Å². The summed E-state index contributed by atoms with van der Waals surface area (Å²) in [5, 5.41) is 13.8. The molecule has 2 rings (SSSR count). The summed E-state index contributed by atoms with van der Waals surface area (Å²) >= 11 is 8.39. The number of esters is 1. The summed E-state index contributed by atoms with van der Waals surface area (Å²) in [5.74, 6) is -0.967. The zero-order valence-electron chi connectivity index (χ0n) is 13.5. The number of nitriles is 1. The molecule has 0 aliphatic carbocycles. The number of carbonyl (C=O) groups excluding carboxylic acids is 2. The van der Waals surface area contributed by atoms with E-state index in [2.05, 4.69) is 5.32 Å². The van der Waals surface area contributed by atoms with Gasteiger partial charge in [-0.2, -0.15) is 5.26 Å². The number of nitrogens with zero attached hydrogens (tertiary/aromatic N) is 1. The summed E-state index contributed by atoms with van der Waals surface area (Å²) in [7, 11) is 0. The van der Waals surface area contributed by atoms with Crippen LogP contribution < -0.4 is 5.32 Å². The first-order valence-corrected chi connectivity index (χ1v) is 9.45. The van der Waals surface area contributed by atoms with E-state index in [0.717, 1.165) is 4.90 Å². The first-order valence-electron chi connectivity index (χ1n) is 7.32. The SMILES string of the molecule is C[C@H](Sc1ccc(Cl)cc1)C(=O)O[C@H](C)C(=O)Nc1sccc1C#N. The molecule has 5 nitrogen and oxygen atoms in total. The Morgan fingerprint density at radius 2 is 1.96 bits per heavy atom. The molecular formula is C17H15ClN2O3S2. The van der Waals surface area contributed by atoms with Gasteiger partial charge in [0.05, 0.1) is 5.56 Å². The van der Waals surface area contributed by atoms with Crippen LogP contribution in [0, 0.1) is 11.3 Å². The van der Waals surface area contributed by atoms with Crippen molar-refractivity contribution in [3.05, 3.63) is 46.3 Å². The number of carbonyl (C=O) groups is 2. The molecule has 0 unspecified atom stereocenters. The first-order chi connectivity index (χ1) is 11.9. The molecule has 8 heteroatoms. The molecule has 1 heterocycles. The minimum Gasteiger partial charge on any atom is -0.452 e. The molecule has 0 fully saturated rings. The van der Waals surface area contributed by atoms with E-state index in [-0.39, 0.29) is 0 Å². The van der Waals surface area contributed by atoms with Gasteiger partial charge in [-0.3, -0.25) is 9.59 Å². The molecule has 2 aromatic rings. The van der Waals surface area contributed by atoms with Crippen LogP contribution in [0.15, 0.2) is 40.6 Å². The molecule has 25 heavy (non-hydrogen) atoms. The van der Waals surface area contributed by atoms with Gasteiger partial charge in [-0.1, -0.05) is 11.6 Å². The van der Waals surface area contributed by atoms with Gasteiger partial charge < -0.3 is 10.1 Å². The number of halogens is 1. The topological polar surface area (TPSA) is 79.2 Å². The quantitative estimate of drug-likeness (QED) is 0.582. The fourth-order valence-corrected chi connectivity index (χ4v) is 3.52. The number of ether oxygens (including phenoxy) is 1. The predicted molar refractivity (Wildman–Crippen MR) is 100.0 cm³/mol. The van der Waals surface area contributed by atoms with Gasteiger partial charge in [-0.15, -0.1) is 23.1 Å². The van der Waals surface area contributed by atoms with Gasteiger partial charge >= 0.3 is 5.97 Å². The molecule has 0 aliphatic heterocycles. The Hall–Kier alpha value is -2.01. The molecule has 1 N–H and O–H groups in total. The molecule has 0 radical (unpaired) electrons. The van der Waals surface area contributed by atoms with Crippen molar-refractivity contribution in [3.8, 4) is 6.07 Å². The molecule has 1 amide bonds. The molecule has 0 spiro atoms. The highest BCUT2D eigenvalue weighted by atomic mass is 35.5. The number of anilines is 1. The fraction of sp³-hybridized carbons (Fsp3) is 0.235. The maximum absolute atomic E-state index is 12.2. The van der Waals surface area contributed by atoms with Crippen LogP contribution in [0.1, 0.15) is 19.4 Å². The van der Waals surface area contributed by atoms with Crippen molar-refractivity contribution in [1.82, 2.24) is 0 Å². The van der Waals surface area contributed by atoms with E-state index in [9.17, 15) is 9.59 Å². The second-order valence-electron chi connectivity index (χ2n) is 5.06. The van der Waals surface area contributed by atoms with Gasteiger partial charge in [0.2, 0.25) is 0 Å². The van der Waals surface area contributed by atoms with E-state index in [0.29, 0.717) is 15.6 Å². The minimum atomic E-state index is -0.964. The Morgan fingerprint density at radius 3 is 2.60 bits per heavy atom. The summed E-state index contributed by atoms with van der Waals surface area (Å²) in [6.45, 7) is 3.20. The zero-order valence-corrected chi connectivity index (χ0v) is 15.9. The van der Waals surface area contributed by atoms with Crippen LogP contribution >= 0.6 is 34.7 Å². The third kappa shape index (κ3) is 5.49. The number of thiophene rings is 1. The van der Waals surface area contributed by atoms with Crippen molar-refractivity contribution in [3.63, 3.8) is 0 Å². The fourth-order valence-electron chi connectivity index (χ4n) is 1.80. The highest BCUT2D eigenvalue weighted by molar-refractivity contribution is 8.00. The number of rotatable bonds is 6. The highest BCUT2D eigenvalue weighted by Gasteiger charge is 2.23. The second kappa shape index (κ2) is 8.90. The monoisotopic (exact) mass is 394 g/mol. The number of benzene rings is 1. The van der Waals surface area contributed by atoms with Crippen LogP contribution in [0.5, 0.6) is 0 Å². The molecule has 0 aliphatic rings. The van der Waals surface area contributed by atoms with Crippen molar-refractivity contribution < 1.29 is 14.3 Å². The molecular weight excluding hydrogens is 380 g/mol. The molecule has 0 saturated heterocycles. The second-order valence-corrected chi connectivity index (χ2v) is 7.82. The summed E-state index contributed by atoms with van der Waals surface area (Å²) in [6.07, 6.45) is -0.964. The number of amides is 1. The lowest BCUT2D eigenvalue weighted by molar-refractivity contribution is -0.152. The molecule has 0 bridgehead atoms. The average Bonchev–Trinajstić information content (AvgIpc) is 3.03. The smallest absolute Gasteiger partial charge is 0.319 e. The van der Waals surface area contributed by atoms with Crippen LogP contribution in [0.3, 0.4) is 0 Å². The largest absolute Gasteiger partial charge is 0.452 e. The Balaban J connectivity index is 1.89. The summed E-state index contributed by atoms with van der Waals surface area (Å²) in [5.41, 5.74) is 0.378. The third-order valence-electron chi connectivity index (χ3n) is 3.14. The lowest BCUT2D eigenvalue weighted by Gasteiger charge is -2.16. The van der Waals surface area contributed by atoms with E-state index in [1.54, 1.807) is 30.5 Å². The lowest BCUT2D eigenvalue weighted by atomic mass is 10.3. The zero-order chi connectivity index (χ0) is 18.4. The van der Waals surface area contributed by atoms with Crippen molar-refractivity contribution in [2.45, 2.75) is 30.1 Å². The van der Waals surface area contributed by atoms with Crippen molar-refractivity contribution in [2.24, 2.45) is 0 Å². The lowest BCUT2D eigenvalue weighted by Crippen LogP contribution is -2.32. The van der Waals surface area contributed by atoms with Crippen molar-refractivity contribution in [2.75, 3.05) is 5.32 Å². The van der Waals surface area contributed by atoms with Crippen molar-refractivity contribution in [1.29, 1.82) is 5.26 Å². The van der Waals surface area contributed by atoms with Gasteiger partial charge in [-0.25, -0.2) is 0 Å². The average molecular weight is 395 g/mol. The van der Waals surface area contributed by atoms with Crippen LogP contribution in [0.4, 0.5) is 5.00 Å². The normalized spacial score (nSPS) is 12.7. The molecule has 1 aromatic heterocycles. The summed E-state index contributed by atoms with van der Waals surface area (Å²) in [6, 6.07) is 10.7. The van der Waals surface area contributed by atoms with Gasteiger partial charge in [-0.05, 0) is 49.6 Å². The van der Waals surface area contributed by atoms with Crippen LogP contribution in [-0.2, 0) is 14.3 Å². The number of hydrogen-bond donors (Lipinski definition) is 1. The van der Waals surface area contributed by atoms with Crippen LogP contribution in [0.25, 0.3) is 0 Å². The van der Waals surface area contributed by atoms with E-state index in [1.807, 2.05) is 18.2 Å². The molecule has 1 aromatic carbocycles. The van der Waals surface area contributed by atoms with Gasteiger partial charge in [0.25, 0.3) is 5.91 Å². The van der Waals surface area contributed by atoms with E-state index < -0.39 is 23.2 Å². The first kappa shape index (κ1) is 19.3. The Bertz CT molecular complexity index is 799. The van der Waals surface area contributed by atoms with E-state index in [4.69, 9.17) is 21.6 Å². The Kier molecular flexibility index (Phi) is 6.88. The number of nitrogens with one attached hydrogen (secondary N) is 1. The number of hydrogen-bond acceptors (Lipinski definition) is 6. The van der Waals surface area contributed by atoms with Gasteiger partial charge in [0.1, 0.15) is 16.3 Å². The maximum Gasteiger partial charge on any atom is 0.319 e. The van der Waals surface area contributed by atoms with Crippen LogP contribution in [-0.4, -0.2) is 23.2 Å². The summed E-state index contributed by atoms with van der Waals surface area (Å²) < 4.78 is 5.22. The molecule has 2 atom stereocenters. The van der Waals surface area contributed by atoms with Gasteiger partial charge in [0, 0.05) is 9.92 Å². The predicted octanol–water partition coefficient (Wildman–Crippen LogP) is 4.32. The Morgan fingerprint density at radius 1 is 1.28 bits per heavy atom. The standard InChI is InChI=1S/C17H15ClN2O3S2/c1-10(15(21)20-16-12(9-19)7-8-24-16)23-17(22)11(2)25-14-5-3-13(18)4-6-14/h3-8,10-11H,1-2H3,(H,20,21)/t10-,11+/m1/s1. The number of thioether (sulfide) groups is 1. The Labute approximate surface area is 158 Å². The minimum absolute atomic E-state index is 0.378. The van der Waals surface area contributed by atoms with Crippen LogP contribution in [0.2, 0.25) is 5.02 Å². The highest BCUT2D eigenvalue weighted by Crippen LogP contribution is 2.26. The molecule has 130 valence electrons.